The van der Waals surface area contributed by atoms with Crippen molar-refractivity contribution in [3.63, 3.8) is 0 Å². The van der Waals surface area contributed by atoms with Crippen molar-refractivity contribution in [3.8, 4) is 0 Å². The quantitative estimate of drug-likeness (QED) is 0.912. The van der Waals surface area contributed by atoms with Crippen molar-refractivity contribution in [3.05, 3.63) is 30.1 Å². The smallest absolute Gasteiger partial charge is 0.252 e. The average Bonchev–Trinajstić information content (AvgIpc) is 3.40. The molecular formula is C20H27N3O2. The highest BCUT2D eigenvalue weighted by atomic mass is 16.5. The van der Waals surface area contributed by atoms with Crippen LogP contribution in [-0.4, -0.2) is 53.2 Å². The predicted octanol–water partition coefficient (Wildman–Crippen LogP) is 2.23. The van der Waals surface area contributed by atoms with Crippen LogP contribution in [0.15, 0.2) is 24.5 Å². The van der Waals surface area contributed by atoms with Gasteiger partial charge in [0.1, 0.15) is 0 Å². The molecule has 2 bridgehead atoms. The molecule has 4 heterocycles. The van der Waals surface area contributed by atoms with E-state index in [-0.39, 0.29) is 11.5 Å². The molecule has 4 fully saturated rings. The lowest BCUT2D eigenvalue weighted by atomic mass is 9.73. The maximum absolute atomic E-state index is 12.4. The van der Waals surface area contributed by atoms with Crippen LogP contribution in [0.5, 0.6) is 0 Å². The first kappa shape index (κ1) is 15.8. The van der Waals surface area contributed by atoms with E-state index >= 15 is 0 Å². The predicted molar refractivity (Wildman–Crippen MR) is 94.2 cm³/mol. The van der Waals surface area contributed by atoms with E-state index in [0.29, 0.717) is 23.5 Å². The van der Waals surface area contributed by atoms with Crippen molar-refractivity contribution in [1.82, 2.24) is 15.2 Å². The van der Waals surface area contributed by atoms with Gasteiger partial charge in [-0.05, 0) is 37.8 Å². The molecule has 3 aliphatic heterocycles. The average molecular weight is 341 g/mol. The van der Waals surface area contributed by atoms with E-state index < -0.39 is 0 Å². The van der Waals surface area contributed by atoms with E-state index in [9.17, 15) is 4.79 Å². The molecule has 1 aromatic heterocycles. The summed E-state index contributed by atoms with van der Waals surface area (Å²) in [5.74, 6) is 1.03. The fourth-order valence-electron chi connectivity index (χ4n) is 5.86. The molecule has 5 heteroatoms. The lowest BCUT2D eigenvalue weighted by Crippen LogP contribution is -2.41. The maximum Gasteiger partial charge on any atom is 0.252 e. The van der Waals surface area contributed by atoms with E-state index in [4.69, 9.17) is 4.74 Å². The number of aromatic nitrogens is 1. The largest absolute Gasteiger partial charge is 0.370 e. The number of fused-ring (bicyclic) bond motifs is 1. The lowest BCUT2D eigenvalue weighted by molar-refractivity contribution is -0.000874. The van der Waals surface area contributed by atoms with Crippen molar-refractivity contribution in [2.75, 3.05) is 19.6 Å². The summed E-state index contributed by atoms with van der Waals surface area (Å²) in [5, 5.41) is 3.14. The minimum atomic E-state index is -0.0180. The van der Waals surface area contributed by atoms with E-state index in [1.807, 2.05) is 6.07 Å². The molecule has 1 aliphatic carbocycles. The lowest BCUT2D eigenvalue weighted by Gasteiger charge is -2.29. The monoisotopic (exact) mass is 341 g/mol. The minimum Gasteiger partial charge on any atom is -0.370 e. The number of amides is 1. The highest BCUT2D eigenvalue weighted by molar-refractivity contribution is 5.93. The van der Waals surface area contributed by atoms with Crippen LogP contribution in [0.25, 0.3) is 0 Å². The van der Waals surface area contributed by atoms with Gasteiger partial charge in [-0.25, -0.2) is 0 Å². The molecule has 1 spiro atoms. The molecule has 4 aliphatic rings. The van der Waals surface area contributed by atoms with Crippen LogP contribution >= 0.6 is 0 Å². The van der Waals surface area contributed by atoms with Crippen LogP contribution in [0.2, 0.25) is 0 Å². The number of nitrogens with one attached hydrogen (secondary N) is 1. The van der Waals surface area contributed by atoms with Crippen molar-refractivity contribution in [2.24, 2.45) is 11.8 Å². The number of hydrogen-bond donors (Lipinski definition) is 1. The van der Waals surface area contributed by atoms with Crippen molar-refractivity contribution < 1.29 is 9.53 Å². The van der Waals surface area contributed by atoms with E-state index in [1.165, 1.54) is 32.1 Å². The number of carbonyl (C=O) groups excluding carboxylic acids is 1. The summed E-state index contributed by atoms with van der Waals surface area (Å²) in [4.78, 5) is 19.1. The van der Waals surface area contributed by atoms with Gasteiger partial charge in [0, 0.05) is 49.9 Å². The first-order valence-corrected chi connectivity index (χ1v) is 9.85. The van der Waals surface area contributed by atoms with Gasteiger partial charge in [0.25, 0.3) is 5.91 Å². The summed E-state index contributed by atoms with van der Waals surface area (Å²) in [5.41, 5.74) is 0.719. The van der Waals surface area contributed by atoms with Crippen LogP contribution in [0.1, 0.15) is 48.9 Å². The molecule has 0 aromatic carbocycles. The number of hydrogen-bond acceptors (Lipinski definition) is 4. The molecule has 25 heavy (non-hydrogen) atoms. The SMILES string of the molecule is O=C(NC[C@H]1[C@H]2CN(C3CCCC3)C[C@]23CC[C@H]1O3)c1cccnc1. The van der Waals surface area contributed by atoms with Gasteiger partial charge in [0.15, 0.2) is 0 Å². The van der Waals surface area contributed by atoms with Gasteiger partial charge in [-0.3, -0.25) is 14.7 Å². The number of pyridine rings is 1. The van der Waals surface area contributed by atoms with Crippen molar-refractivity contribution in [1.29, 1.82) is 0 Å². The Morgan fingerprint density at radius 2 is 2.24 bits per heavy atom. The molecule has 1 saturated carbocycles. The van der Waals surface area contributed by atoms with Crippen LogP contribution in [0.3, 0.4) is 0 Å². The molecule has 1 amide bonds. The van der Waals surface area contributed by atoms with Gasteiger partial charge < -0.3 is 10.1 Å². The number of nitrogens with zero attached hydrogens (tertiary/aromatic N) is 2. The Kier molecular flexibility index (Phi) is 3.82. The number of likely N-dealkylation sites (tertiary alicyclic amines) is 1. The maximum atomic E-state index is 12.4. The summed E-state index contributed by atoms with van der Waals surface area (Å²) >= 11 is 0. The summed E-state index contributed by atoms with van der Waals surface area (Å²) in [6.07, 6.45) is 11.5. The first-order valence-electron chi connectivity index (χ1n) is 9.85. The first-order chi connectivity index (χ1) is 12.3. The standard InChI is InChI=1S/C20H27N3O2/c24-19(14-4-3-9-21-10-14)22-11-16-17-12-23(15-5-1-2-6-15)13-20(17)8-7-18(16)25-20/h3-4,9-10,15-18H,1-2,5-8,11-13H2,(H,22,24)/t16-,17+,18+,20+/m0/s1. The number of carbonyl (C=O) groups is 1. The molecule has 4 atom stereocenters. The fourth-order valence-corrected chi connectivity index (χ4v) is 5.86. The van der Waals surface area contributed by atoms with Crippen LogP contribution in [0.4, 0.5) is 0 Å². The zero-order valence-electron chi connectivity index (χ0n) is 14.7. The fraction of sp³-hybridized carbons (Fsp3) is 0.700. The van der Waals surface area contributed by atoms with Crippen molar-refractivity contribution >= 4 is 5.91 Å². The zero-order chi connectivity index (χ0) is 16.9. The summed E-state index contributed by atoms with van der Waals surface area (Å²) in [7, 11) is 0. The number of rotatable bonds is 4. The second-order valence-electron chi connectivity index (χ2n) is 8.35. The van der Waals surface area contributed by atoms with E-state index in [1.54, 1.807) is 18.5 Å². The summed E-state index contributed by atoms with van der Waals surface area (Å²) in [6, 6.07) is 4.40. The normalized spacial score (nSPS) is 37.5. The Labute approximate surface area is 149 Å². The Bertz CT molecular complexity index is 646. The molecule has 5 rings (SSSR count). The number of ether oxygens (including phenoxy) is 1. The topological polar surface area (TPSA) is 54.5 Å². The molecule has 1 N–H and O–H groups in total. The molecular weight excluding hydrogens is 314 g/mol. The van der Waals surface area contributed by atoms with Crippen molar-refractivity contribution in [2.45, 2.75) is 56.3 Å². The summed E-state index contributed by atoms with van der Waals surface area (Å²) < 4.78 is 6.52. The summed E-state index contributed by atoms with van der Waals surface area (Å²) in [6.45, 7) is 3.00. The Morgan fingerprint density at radius 1 is 1.36 bits per heavy atom. The molecule has 5 nitrogen and oxygen atoms in total. The van der Waals surface area contributed by atoms with Crippen LogP contribution < -0.4 is 5.32 Å². The molecule has 3 saturated heterocycles. The highest BCUT2D eigenvalue weighted by Gasteiger charge is 2.63. The van der Waals surface area contributed by atoms with Gasteiger partial charge in [0.05, 0.1) is 17.3 Å². The highest BCUT2D eigenvalue weighted by Crippen LogP contribution is 2.55. The van der Waals surface area contributed by atoms with Gasteiger partial charge in [-0.1, -0.05) is 12.8 Å². The molecule has 0 radical (unpaired) electrons. The van der Waals surface area contributed by atoms with E-state index in [0.717, 1.165) is 32.1 Å². The molecule has 134 valence electrons. The molecule has 1 aromatic rings. The third-order valence-corrected chi connectivity index (χ3v) is 7.07. The van der Waals surface area contributed by atoms with Gasteiger partial charge in [-0.15, -0.1) is 0 Å². The van der Waals surface area contributed by atoms with Gasteiger partial charge in [0.2, 0.25) is 0 Å². The van der Waals surface area contributed by atoms with Crippen LogP contribution in [0, 0.1) is 11.8 Å². The molecule has 0 unspecified atom stereocenters. The van der Waals surface area contributed by atoms with E-state index in [2.05, 4.69) is 15.2 Å². The zero-order valence-corrected chi connectivity index (χ0v) is 14.7. The Hall–Kier alpha value is -1.46. The third kappa shape index (κ3) is 2.59. The Morgan fingerprint density at radius 3 is 3.04 bits per heavy atom. The third-order valence-electron chi connectivity index (χ3n) is 7.07. The second kappa shape index (κ2) is 6.06. The van der Waals surface area contributed by atoms with Gasteiger partial charge >= 0.3 is 0 Å². The Balaban J connectivity index is 1.26. The minimum absolute atomic E-state index is 0.0180. The van der Waals surface area contributed by atoms with Gasteiger partial charge in [-0.2, -0.15) is 0 Å². The van der Waals surface area contributed by atoms with Crippen LogP contribution in [-0.2, 0) is 4.74 Å². The second-order valence-corrected chi connectivity index (χ2v) is 8.35.